The molecule has 8 heteroatoms. The number of pyridine rings is 1. The highest BCUT2D eigenvalue weighted by Gasteiger charge is 2.33. The maximum Gasteiger partial charge on any atom is 0.573 e. The molecule has 0 spiro atoms. The number of nitrogens with two attached hydrogens (primary N) is 1. The van der Waals surface area contributed by atoms with Crippen LogP contribution in [0, 0.1) is 14.9 Å². The van der Waals surface area contributed by atoms with E-state index in [0.29, 0.717) is 0 Å². The third kappa shape index (κ3) is 3.71. The first kappa shape index (κ1) is 14.0. The summed E-state index contributed by atoms with van der Waals surface area (Å²) in [7, 11) is 0. The number of nitriles is 1. The molecule has 1 aromatic heterocycles. The molecule has 0 saturated heterocycles. The number of ether oxygens (including phenoxy) is 1. The van der Waals surface area contributed by atoms with Gasteiger partial charge in [0.1, 0.15) is 0 Å². The zero-order valence-electron chi connectivity index (χ0n) is 8.38. The summed E-state index contributed by atoms with van der Waals surface area (Å²) >= 11 is 1.66. The molecule has 0 atom stereocenters. The van der Waals surface area contributed by atoms with Crippen LogP contribution in [-0.4, -0.2) is 11.3 Å². The van der Waals surface area contributed by atoms with E-state index in [1.54, 1.807) is 22.6 Å². The minimum absolute atomic E-state index is 0.0860. The highest BCUT2D eigenvalue weighted by Crippen LogP contribution is 2.32. The van der Waals surface area contributed by atoms with Crippen LogP contribution in [0.5, 0.6) is 5.75 Å². The maximum absolute atomic E-state index is 12.2. The van der Waals surface area contributed by atoms with Crippen molar-refractivity contribution in [3.05, 3.63) is 21.0 Å². The number of hydrogen-bond acceptors (Lipinski definition) is 4. The highest BCUT2D eigenvalue weighted by atomic mass is 127. The van der Waals surface area contributed by atoms with E-state index in [9.17, 15) is 13.2 Å². The van der Waals surface area contributed by atoms with Crippen molar-refractivity contribution in [3.8, 4) is 11.8 Å². The Labute approximate surface area is 109 Å². The second-order valence-corrected chi connectivity index (χ2v) is 4.04. The molecular weight excluding hydrogens is 350 g/mol. The van der Waals surface area contributed by atoms with Gasteiger partial charge in [0.25, 0.3) is 0 Å². The third-order valence-electron chi connectivity index (χ3n) is 1.80. The minimum atomic E-state index is -4.80. The summed E-state index contributed by atoms with van der Waals surface area (Å²) < 4.78 is 40.7. The zero-order chi connectivity index (χ0) is 13.1. The van der Waals surface area contributed by atoms with E-state index in [1.165, 1.54) is 6.20 Å². The second kappa shape index (κ2) is 5.50. The van der Waals surface area contributed by atoms with Gasteiger partial charge in [-0.2, -0.15) is 5.26 Å². The highest BCUT2D eigenvalue weighted by molar-refractivity contribution is 14.1. The number of alkyl halides is 3. The van der Waals surface area contributed by atoms with Gasteiger partial charge in [-0.3, -0.25) is 4.98 Å². The SMILES string of the molecule is N#CCc1ncc(CN)c(OC(F)(F)F)c1I. The number of aromatic nitrogens is 1. The van der Waals surface area contributed by atoms with Gasteiger partial charge in [0.15, 0.2) is 5.75 Å². The third-order valence-corrected chi connectivity index (χ3v) is 2.92. The molecule has 0 aliphatic heterocycles. The topological polar surface area (TPSA) is 71.9 Å². The number of halogens is 4. The van der Waals surface area contributed by atoms with Crippen molar-refractivity contribution in [2.45, 2.75) is 19.3 Å². The van der Waals surface area contributed by atoms with Gasteiger partial charge in [-0.15, -0.1) is 13.2 Å². The van der Waals surface area contributed by atoms with E-state index in [2.05, 4.69) is 9.72 Å². The molecule has 1 heterocycles. The van der Waals surface area contributed by atoms with Crippen molar-refractivity contribution in [2.24, 2.45) is 5.73 Å². The molecule has 1 aromatic rings. The van der Waals surface area contributed by atoms with Gasteiger partial charge in [-0.25, -0.2) is 0 Å². The van der Waals surface area contributed by atoms with Crippen LogP contribution in [-0.2, 0) is 13.0 Å². The van der Waals surface area contributed by atoms with Crippen LogP contribution in [0.2, 0.25) is 0 Å². The van der Waals surface area contributed by atoms with Gasteiger partial charge in [-0.1, -0.05) is 0 Å². The Morgan fingerprint density at radius 2 is 2.18 bits per heavy atom. The lowest BCUT2D eigenvalue weighted by atomic mass is 10.2. The summed E-state index contributed by atoms with van der Waals surface area (Å²) in [6, 6.07) is 1.82. The fourth-order valence-corrected chi connectivity index (χ4v) is 1.90. The number of hydrogen-bond donors (Lipinski definition) is 1. The quantitative estimate of drug-likeness (QED) is 0.842. The van der Waals surface area contributed by atoms with Gasteiger partial charge >= 0.3 is 6.36 Å². The Kier molecular flexibility index (Phi) is 4.53. The first-order valence-electron chi connectivity index (χ1n) is 4.38. The van der Waals surface area contributed by atoms with Crippen LogP contribution in [0.1, 0.15) is 11.3 Å². The van der Waals surface area contributed by atoms with Crippen LogP contribution in [0.25, 0.3) is 0 Å². The Hall–Kier alpha value is -1.08. The van der Waals surface area contributed by atoms with E-state index in [0.717, 1.165) is 0 Å². The van der Waals surface area contributed by atoms with Gasteiger partial charge < -0.3 is 10.5 Å². The molecule has 0 fully saturated rings. The number of rotatable bonds is 3. The van der Waals surface area contributed by atoms with Gasteiger partial charge in [-0.05, 0) is 22.6 Å². The summed E-state index contributed by atoms with van der Waals surface area (Å²) in [5.41, 5.74) is 5.69. The Morgan fingerprint density at radius 1 is 1.53 bits per heavy atom. The molecule has 0 aromatic carbocycles. The predicted octanol–water partition coefficient (Wildman–Crippen LogP) is 2.11. The van der Waals surface area contributed by atoms with Crippen molar-refractivity contribution in [1.29, 1.82) is 5.26 Å². The van der Waals surface area contributed by atoms with Crippen molar-refractivity contribution < 1.29 is 17.9 Å². The van der Waals surface area contributed by atoms with Gasteiger partial charge in [0, 0.05) is 18.3 Å². The normalized spacial score (nSPS) is 11.1. The molecule has 92 valence electrons. The van der Waals surface area contributed by atoms with Crippen LogP contribution in [0.3, 0.4) is 0 Å². The van der Waals surface area contributed by atoms with Gasteiger partial charge in [0.2, 0.25) is 0 Å². The first-order valence-corrected chi connectivity index (χ1v) is 5.46. The molecule has 0 bridgehead atoms. The van der Waals surface area contributed by atoms with E-state index in [4.69, 9.17) is 11.0 Å². The molecule has 17 heavy (non-hydrogen) atoms. The van der Waals surface area contributed by atoms with Crippen LogP contribution < -0.4 is 10.5 Å². The van der Waals surface area contributed by atoms with Gasteiger partial charge in [0.05, 0.1) is 21.8 Å². The molecule has 0 aliphatic carbocycles. The lowest BCUT2D eigenvalue weighted by Gasteiger charge is -2.15. The summed E-state index contributed by atoms with van der Waals surface area (Å²) in [6.45, 7) is -0.124. The molecule has 2 N–H and O–H groups in total. The monoisotopic (exact) mass is 357 g/mol. The first-order chi connectivity index (χ1) is 7.89. The summed E-state index contributed by atoms with van der Waals surface area (Å²) in [5, 5.41) is 8.51. The summed E-state index contributed by atoms with van der Waals surface area (Å²) in [5.74, 6) is -0.374. The minimum Gasteiger partial charge on any atom is -0.404 e. The van der Waals surface area contributed by atoms with Crippen molar-refractivity contribution in [1.82, 2.24) is 4.98 Å². The smallest absolute Gasteiger partial charge is 0.404 e. The van der Waals surface area contributed by atoms with E-state index < -0.39 is 6.36 Å². The Balaban J connectivity index is 3.23. The van der Waals surface area contributed by atoms with E-state index >= 15 is 0 Å². The van der Waals surface area contributed by atoms with Crippen LogP contribution in [0.15, 0.2) is 6.20 Å². The Bertz CT molecular complexity index is 456. The lowest BCUT2D eigenvalue weighted by molar-refractivity contribution is -0.275. The molecule has 4 nitrogen and oxygen atoms in total. The van der Waals surface area contributed by atoms with Crippen molar-refractivity contribution in [3.63, 3.8) is 0 Å². The molecule has 0 unspecified atom stereocenters. The Morgan fingerprint density at radius 3 is 2.65 bits per heavy atom. The summed E-state index contributed by atoms with van der Waals surface area (Å²) in [6.07, 6.45) is -3.69. The van der Waals surface area contributed by atoms with Crippen LogP contribution >= 0.6 is 22.6 Å². The fraction of sp³-hybridized carbons (Fsp3) is 0.333. The van der Waals surface area contributed by atoms with Crippen LogP contribution in [0.4, 0.5) is 13.2 Å². The molecule has 0 radical (unpaired) electrons. The molecule has 0 saturated carbocycles. The largest absolute Gasteiger partial charge is 0.573 e. The average Bonchev–Trinajstić information content (AvgIpc) is 2.23. The standard InChI is InChI=1S/C9H7F3IN3O/c10-9(11,12)17-8-5(3-15)4-16-6(1-2-14)7(8)13/h4H,1,3,15H2. The van der Waals surface area contributed by atoms with Crippen molar-refractivity contribution >= 4 is 22.6 Å². The fourth-order valence-electron chi connectivity index (χ4n) is 1.11. The lowest BCUT2D eigenvalue weighted by Crippen LogP contribution is -2.20. The predicted molar refractivity (Wildman–Crippen MR) is 60.8 cm³/mol. The summed E-state index contributed by atoms with van der Waals surface area (Å²) in [4.78, 5) is 3.87. The second-order valence-electron chi connectivity index (χ2n) is 2.96. The number of nitrogens with zero attached hydrogens (tertiary/aromatic N) is 2. The zero-order valence-corrected chi connectivity index (χ0v) is 10.5. The molecule has 1 rings (SSSR count). The maximum atomic E-state index is 12.2. The van der Waals surface area contributed by atoms with E-state index in [-0.39, 0.29) is 33.5 Å². The molecule has 0 amide bonds. The van der Waals surface area contributed by atoms with Crippen molar-refractivity contribution in [2.75, 3.05) is 0 Å². The average molecular weight is 357 g/mol. The molecule has 0 aliphatic rings. The van der Waals surface area contributed by atoms with E-state index in [1.807, 2.05) is 6.07 Å². The molecular formula is C9H7F3IN3O.